The molecule has 120 valence electrons. The smallest absolute Gasteiger partial charge is 0.441 e. The van der Waals surface area contributed by atoms with Crippen LogP contribution in [0.5, 0.6) is 5.75 Å². The maximum atomic E-state index is 12.1. The number of rotatable bonds is 6. The molecule has 1 N–H and O–H groups in total. The highest BCUT2D eigenvalue weighted by atomic mass is 32.2. The molecule has 21 heavy (non-hydrogen) atoms. The first kappa shape index (κ1) is 18.2. The Bertz CT molecular complexity index is 455. The van der Waals surface area contributed by atoms with Crippen molar-refractivity contribution in [3.63, 3.8) is 0 Å². The third kappa shape index (κ3) is 7.62. The Morgan fingerprint density at radius 1 is 1.19 bits per heavy atom. The van der Waals surface area contributed by atoms with Crippen LogP contribution in [-0.2, 0) is 6.54 Å². The molecule has 1 rings (SSSR count). The van der Waals surface area contributed by atoms with Crippen LogP contribution in [0.15, 0.2) is 18.2 Å². The molecule has 0 aliphatic heterocycles. The van der Waals surface area contributed by atoms with Crippen LogP contribution in [-0.4, -0.2) is 23.4 Å². The van der Waals surface area contributed by atoms with Crippen molar-refractivity contribution in [2.45, 2.75) is 45.3 Å². The van der Waals surface area contributed by atoms with E-state index in [0.717, 1.165) is 11.1 Å². The van der Waals surface area contributed by atoms with E-state index < -0.39 is 5.51 Å². The van der Waals surface area contributed by atoms with Crippen molar-refractivity contribution in [1.82, 2.24) is 5.32 Å². The predicted molar refractivity (Wildman–Crippen MR) is 81.8 cm³/mol. The molecule has 0 heterocycles. The van der Waals surface area contributed by atoms with E-state index >= 15 is 0 Å². The van der Waals surface area contributed by atoms with Gasteiger partial charge in [-0.05, 0) is 45.0 Å². The van der Waals surface area contributed by atoms with Gasteiger partial charge in [-0.1, -0.05) is 18.2 Å². The average Bonchev–Trinajstić information content (AvgIpc) is 2.31. The minimum Gasteiger partial charge on any atom is -0.492 e. The summed E-state index contributed by atoms with van der Waals surface area (Å²) in [5, 5.41) is 3.36. The van der Waals surface area contributed by atoms with Gasteiger partial charge in [0.2, 0.25) is 0 Å². The van der Waals surface area contributed by atoms with Gasteiger partial charge < -0.3 is 10.1 Å². The highest BCUT2D eigenvalue weighted by molar-refractivity contribution is 8.00. The quantitative estimate of drug-likeness (QED) is 0.779. The number of hydrogen-bond donors (Lipinski definition) is 1. The fourth-order valence-electron chi connectivity index (χ4n) is 1.72. The molecule has 1 aromatic carbocycles. The van der Waals surface area contributed by atoms with Crippen LogP contribution in [0.1, 0.15) is 31.9 Å². The van der Waals surface area contributed by atoms with Gasteiger partial charge in [-0.2, -0.15) is 13.2 Å². The molecule has 6 heteroatoms. The fraction of sp³-hybridized carbons (Fsp3) is 0.600. The number of para-hydroxylation sites is 1. The second kappa shape index (κ2) is 7.40. The summed E-state index contributed by atoms with van der Waals surface area (Å²) in [7, 11) is 0. The van der Waals surface area contributed by atoms with Crippen molar-refractivity contribution in [2.24, 2.45) is 0 Å². The van der Waals surface area contributed by atoms with E-state index in [1.807, 2.05) is 25.1 Å². The highest BCUT2D eigenvalue weighted by Crippen LogP contribution is 2.30. The van der Waals surface area contributed by atoms with Crippen molar-refractivity contribution in [3.8, 4) is 5.75 Å². The van der Waals surface area contributed by atoms with Crippen molar-refractivity contribution in [3.05, 3.63) is 29.3 Å². The molecule has 0 fully saturated rings. The number of ether oxygens (including phenoxy) is 1. The summed E-state index contributed by atoms with van der Waals surface area (Å²) in [6.45, 7) is 8.73. The molecular weight excluding hydrogens is 299 g/mol. The van der Waals surface area contributed by atoms with Crippen LogP contribution in [0.25, 0.3) is 0 Å². The summed E-state index contributed by atoms with van der Waals surface area (Å²) in [6, 6.07) is 5.75. The normalized spacial score (nSPS) is 12.5. The van der Waals surface area contributed by atoms with E-state index in [1.165, 1.54) is 0 Å². The number of benzene rings is 1. The first-order chi connectivity index (χ1) is 9.58. The zero-order chi connectivity index (χ0) is 16.1. The Hall–Kier alpha value is -0.880. The molecule has 0 spiro atoms. The lowest BCUT2D eigenvalue weighted by Crippen LogP contribution is -2.35. The lowest BCUT2D eigenvalue weighted by Gasteiger charge is -2.22. The summed E-state index contributed by atoms with van der Waals surface area (Å²) < 4.78 is 41.8. The van der Waals surface area contributed by atoms with E-state index in [0.29, 0.717) is 12.3 Å². The molecule has 0 aliphatic rings. The second-order valence-electron chi connectivity index (χ2n) is 5.81. The average molecular weight is 321 g/mol. The van der Waals surface area contributed by atoms with Gasteiger partial charge in [-0.25, -0.2) is 0 Å². The fourth-order valence-corrected chi connectivity index (χ4v) is 2.12. The largest absolute Gasteiger partial charge is 0.492 e. The zero-order valence-electron chi connectivity index (χ0n) is 12.8. The third-order valence-electron chi connectivity index (χ3n) is 2.70. The SMILES string of the molecule is Cc1cccc(CNC(C)(C)C)c1OCCSC(F)(F)F. The number of thioether (sulfide) groups is 1. The second-order valence-corrected chi connectivity index (χ2v) is 6.97. The Balaban J connectivity index is 2.63. The molecule has 0 saturated heterocycles. The van der Waals surface area contributed by atoms with Crippen molar-refractivity contribution in [1.29, 1.82) is 0 Å². The lowest BCUT2D eigenvalue weighted by molar-refractivity contribution is -0.0329. The van der Waals surface area contributed by atoms with Gasteiger partial charge in [-0.15, -0.1) is 0 Å². The number of hydrogen-bond acceptors (Lipinski definition) is 3. The van der Waals surface area contributed by atoms with E-state index in [-0.39, 0.29) is 29.7 Å². The maximum absolute atomic E-state index is 12.1. The Labute approximate surface area is 128 Å². The molecular formula is C15H22F3NOS. The maximum Gasteiger partial charge on any atom is 0.441 e. The summed E-state index contributed by atoms with van der Waals surface area (Å²) >= 11 is -0.0585. The third-order valence-corrected chi connectivity index (χ3v) is 3.40. The van der Waals surface area contributed by atoms with Crippen LogP contribution in [0.2, 0.25) is 0 Å². The summed E-state index contributed by atoms with van der Waals surface area (Å²) in [5.74, 6) is 0.571. The van der Waals surface area contributed by atoms with Gasteiger partial charge in [0, 0.05) is 23.4 Å². The van der Waals surface area contributed by atoms with Crippen LogP contribution in [0, 0.1) is 6.92 Å². The van der Waals surface area contributed by atoms with Crippen molar-refractivity contribution in [2.75, 3.05) is 12.4 Å². The van der Waals surface area contributed by atoms with E-state index in [9.17, 15) is 13.2 Å². The molecule has 2 nitrogen and oxygen atoms in total. The molecule has 0 amide bonds. The Kier molecular flexibility index (Phi) is 6.41. The lowest BCUT2D eigenvalue weighted by atomic mass is 10.1. The van der Waals surface area contributed by atoms with E-state index in [2.05, 4.69) is 26.1 Å². The van der Waals surface area contributed by atoms with E-state index in [1.54, 1.807) is 0 Å². The minimum atomic E-state index is -4.20. The molecule has 0 unspecified atom stereocenters. The van der Waals surface area contributed by atoms with Gasteiger partial charge in [0.05, 0.1) is 6.61 Å². The monoisotopic (exact) mass is 321 g/mol. The number of aryl methyl sites for hydroxylation is 1. The van der Waals surface area contributed by atoms with Crippen LogP contribution < -0.4 is 10.1 Å². The Morgan fingerprint density at radius 3 is 2.43 bits per heavy atom. The molecule has 0 atom stereocenters. The molecule has 1 aromatic rings. The molecule has 0 bridgehead atoms. The molecule has 0 aromatic heterocycles. The number of nitrogens with one attached hydrogen (secondary N) is 1. The van der Waals surface area contributed by atoms with Gasteiger partial charge in [0.25, 0.3) is 0 Å². The minimum absolute atomic E-state index is 0.0346. The van der Waals surface area contributed by atoms with Gasteiger partial charge >= 0.3 is 5.51 Å². The molecule has 0 radical (unpaired) electrons. The van der Waals surface area contributed by atoms with E-state index in [4.69, 9.17) is 4.74 Å². The first-order valence-electron chi connectivity index (χ1n) is 6.75. The van der Waals surface area contributed by atoms with Crippen molar-refractivity contribution >= 4 is 11.8 Å². The highest BCUT2D eigenvalue weighted by Gasteiger charge is 2.27. The molecule has 0 aliphatic carbocycles. The van der Waals surface area contributed by atoms with Gasteiger partial charge in [0.15, 0.2) is 0 Å². The first-order valence-corrected chi connectivity index (χ1v) is 7.74. The van der Waals surface area contributed by atoms with Crippen LogP contribution in [0.3, 0.4) is 0 Å². The van der Waals surface area contributed by atoms with Crippen LogP contribution in [0.4, 0.5) is 13.2 Å². The topological polar surface area (TPSA) is 21.3 Å². The summed E-state index contributed by atoms with van der Waals surface area (Å²) in [4.78, 5) is 0. The summed E-state index contributed by atoms with van der Waals surface area (Å²) in [6.07, 6.45) is 0. The predicted octanol–water partition coefficient (Wildman–Crippen LogP) is 4.51. The van der Waals surface area contributed by atoms with Crippen LogP contribution >= 0.6 is 11.8 Å². The number of alkyl halides is 3. The number of halogens is 3. The van der Waals surface area contributed by atoms with Crippen molar-refractivity contribution < 1.29 is 17.9 Å². The van der Waals surface area contributed by atoms with Gasteiger partial charge in [-0.3, -0.25) is 0 Å². The molecule has 0 saturated carbocycles. The Morgan fingerprint density at radius 2 is 1.86 bits per heavy atom. The zero-order valence-corrected chi connectivity index (χ0v) is 13.6. The van der Waals surface area contributed by atoms with Gasteiger partial charge in [0.1, 0.15) is 5.75 Å². The standard InChI is InChI=1S/C15H22F3NOS/c1-11-6-5-7-12(10-19-14(2,3)4)13(11)20-8-9-21-15(16,17)18/h5-7,19H,8-10H2,1-4H3. The summed E-state index contributed by atoms with van der Waals surface area (Å²) in [5.41, 5.74) is -2.35.